The standard InChI is InChI=1S/C27H31N3O5S2/c1-6-11-30-22-14-23-24(35-13-12-34-23)15-25(22)36-27(30)28-26(31)20-7-9-21(10-8-20)37(32,33)29(16-18(2)3)17-19(4)5/h1,7-10,14-15,18-19H,11-13,16-17H2,2-5H3. The number of nitrogens with zero attached hydrogens (tertiary/aromatic N) is 3. The second kappa shape index (κ2) is 11.1. The molecule has 4 rings (SSSR count). The van der Waals surface area contributed by atoms with E-state index < -0.39 is 15.9 Å². The summed E-state index contributed by atoms with van der Waals surface area (Å²) in [5, 5.41) is 0. The van der Waals surface area contributed by atoms with Crippen LogP contribution in [0.4, 0.5) is 0 Å². The van der Waals surface area contributed by atoms with Gasteiger partial charge in [0.15, 0.2) is 16.3 Å². The fraction of sp³-hybridized carbons (Fsp3) is 0.407. The zero-order chi connectivity index (χ0) is 26.7. The Bertz CT molecular complexity index is 1500. The van der Waals surface area contributed by atoms with Crippen molar-refractivity contribution in [2.45, 2.75) is 39.1 Å². The summed E-state index contributed by atoms with van der Waals surface area (Å²) in [7, 11) is -3.69. The fourth-order valence-electron chi connectivity index (χ4n) is 4.09. The van der Waals surface area contributed by atoms with Crippen molar-refractivity contribution in [1.29, 1.82) is 0 Å². The van der Waals surface area contributed by atoms with Crippen molar-refractivity contribution in [2.24, 2.45) is 16.8 Å². The Labute approximate surface area is 221 Å². The van der Waals surface area contributed by atoms with Gasteiger partial charge in [0.2, 0.25) is 10.0 Å². The van der Waals surface area contributed by atoms with E-state index in [9.17, 15) is 13.2 Å². The Morgan fingerprint density at radius 1 is 1.08 bits per heavy atom. The first-order valence-electron chi connectivity index (χ1n) is 12.2. The third-order valence-corrected chi connectivity index (χ3v) is 8.56. The number of hydrogen-bond acceptors (Lipinski definition) is 6. The first-order valence-corrected chi connectivity index (χ1v) is 14.4. The lowest BCUT2D eigenvalue weighted by molar-refractivity contribution is 0.0998. The molecule has 0 saturated heterocycles. The van der Waals surface area contributed by atoms with Crippen LogP contribution in [0.5, 0.6) is 11.5 Å². The summed E-state index contributed by atoms with van der Waals surface area (Å²) < 4.78 is 42.1. The number of ether oxygens (including phenoxy) is 2. The summed E-state index contributed by atoms with van der Waals surface area (Å²) in [6.07, 6.45) is 5.59. The van der Waals surface area contributed by atoms with Crippen molar-refractivity contribution in [1.82, 2.24) is 8.87 Å². The molecule has 0 spiro atoms. The maximum atomic E-state index is 13.3. The molecule has 1 aromatic heterocycles. The van der Waals surface area contributed by atoms with Gasteiger partial charge in [-0.3, -0.25) is 4.79 Å². The highest BCUT2D eigenvalue weighted by Crippen LogP contribution is 2.35. The van der Waals surface area contributed by atoms with Crippen LogP contribution >= 0.6 is 11.3 Å². The van der Waals surface area contributed by atoms with Gasteiger partial charge in [-0.25, -0.2) is 8.42 Å². The van der Waals surface area contributed by atoms with Gasteiger partial charge < -0.3 is 14.0 Å². The number of terminal acetylenes is 1. The van der Waals surface area contributed by atoms with E-state index in [2.05, 4.69) is 10.9 Å². The zero-order valence-corrected chi connectivity index (χ0v) is 23.1. The van der Waals surface area contributed by atoms with Crippen LogP contribution in [0.15, 0.2) is 46.3 Å². The van der Waals surface area contributed by atoms with Gasteiger partial charge in [0.1, 0.15) is 13.2 Å². The average molecular weight is 542 g/mol. The van der Waals surface area contributed by atoms with E-state index in [-0.39, 0.29) is 28.8 Å². The number of sulfonamides is 1. The van der Waals surface area contributed by atoms with Gasteiger partial charge in [-0.1, -0.05) is 45.0 Å². The smallest absolute Gasteiger partial charge is 0.279 e. The lowest BCUT2D eigenvalue weighted by Gasteiger charge is -2.25. The molecular weight excluding hydrogens is 510 g/mol. The summed E-state index contributed by atoms with van der Waals surface area (Å²) in [5.74, 6) is 3.77. The van der Waals surface area contributed by atoms with Crippen molar-refractivity contribution in [3.05, 3.63) is 46.8 Å². The van der Waals surface area contributed by atoms with Crippen LogP contribution < -0.4 is 14.3 Å². The van der Waals surface area contributed by atoms with Crippen LogP contribution in [-0.2, 0) is 16.6 Å². The number of rotatable bonds is 8. The van der Waals surface area contributed by atoms with E-state index in [1.807, 2.05) is 39.8 Å². The van der Waals surface area contributed by atoms with Gasteiger partial charge in [0, 0.05) is 30.8 Å². The van der Waals surface area contributed by atoms with Crippen molar-refractivity contribution < 1.29 is 22.7 Å². The topological polar surface area (TPSA) is 90.2 Å². The minimum absolute atomic E-state index is 0.153. The lowest BCUT2D eigenvalue weighted by Crippen LogP contribution is -2.37. The average Bonchev–Trinajstić information content (AvgIpc) is 3.17. The Hall–Kier alpha value is -3.13. The summed E-state index contributed by atoms with van der Waals surface area (Å²) in [6, 6.07) is 9.65. The molecule has 0 aliphatic carbocycles. The van der Waals surface area contributed by atoms with Crippen LogP contribution in [0.3, 0.4) is 0 Å². The van der Waals surface area contributed by atoms with E-state index in [0.717, 1.165) is 10.2 Å². The van der Waals surface area contributed by atoms with Crippen LogP contribution in [0.2, 0.25) is 0 Å². The molecule has 37 heavy (non-hydrogen) atoms. The molecule has 1 amide bonds. The number of carbonyl (C=O) groups is 1. The number of aromatic nitrogens is 1. The van der Waals surface area contributed by atoms with E-state index in [4.69, 9.17) is 15.9 Å². The number of benzene rings is 2. The van der Waals surface area contributed by atoms with Gasteiger partial charge in [-0.15, -0.1) is 6.42 Å². The van der Waals surface area contributed by atoms with E-state index in [1.54, 1.807) is 4.57 Å². The molecule has 8 nitrogen and oxygen atoms in total. The highest BCUT2D eigenvalue weighted by molar-refractivity contribution is 7.89. The molecule has 196 valence electrons. The lowest BCUT2D eigenvalue weighted by atomic mass is 10.2. The zero-order valence-electron chi connectivity index (χ0n) is 21.4. The molecule has 3 aromatic rings. The van der Waals surface area contributed by atoms with Crippen molar-refractivity contribution in [2.75, 3.05) is 26.3 Å². The predicted octanol–water partition coefficient (Wildman–Crippen LogP) is 4.15. The SMILES string of the molecule is C#CCn1c(=NC(=O)c2ccc(S(=O)(=O)N(CC(C)C)CC(C)C)cc2)sc2cc3c(cc21)OCCO3. The van der Waals surface area contributed by atoms with Crippen molar-refractivity contribution >= 4 is 37.5 Å². The van der Waals surface area contributed by atoms with E-state index >= 15 is 0 Å². The molecule has 0 unspecified atom stereocenters. The second-order valence-corrected chi connectivity index (χ2v) is 12.6. The molecule has 2 heterocycles. The molecule has 0 saturated carbocycles. The number of amides is 1. The molecule has 0 radical (unpaired) electrons. The fourth-order valence-corrected chi connectivity index (χ4v) is 6.90. The number of hydrogen-bond donors (Lipinski definition) is 0. The summed E-state index contributed by atoms with van der Waals surface area (Å²) in [4.78, 5) is 18.0. The molecule has 1 aliphatic rings. The molecule has 1 aliphatic heterocycles. The second-order valence-electron chi connectivity index (χ2n) is 9.69. The highest BCUT2D eigenvalue weighted by Gasteiger charge is 2.26. The molecule has 0 fully saturated rings. The maximum Gasteiger partial charge on any atom is 0.279 e. The minimum atomic E-state index is -3.69. The quantitative estimate of drug-likeness (QED) is 0.400. The van der Waals surface area contributed by atoms with Gasteiger partial charge in [0.05, 0.1) is 21.7 Å². The van der Waals surface area contributed by atoms with Gasteiger partial charge in [0.25, 0.3) is 5.91 Å². The first-order chi connectivity index (χ1) is 17.6. The van der Waals surface area contributed by atoms with Crippen LogP contribution in [0.25, 0.3) is 10.2 Å². The number of thiazole rings is 1. The molecule has 2 aromatic carbocycles. The third-order valence-electron chi connectivity index (χ3n) is 5.67. The molecular formula is C27H31N3O5S2. The minimum Gasteiger partial charge on any atom is -0.486 e. The van der Waals surface area contributed by atoms with E-state index in [0.29, 0.717) is 42.6 Å². The number of carbonyl (C=O) groups excluding carboxylic acids is 1. The Morgan fingerprint density at radius 2 is 1.68 bits per heavy atom. The molecule has 0 bridgehead atoms. The Kier molecular flexibility index (Phi) is 8.07. The Balaban J connectivity index is 1.66. The number of fused-ring (bicyclic) bond motifs is 2. The first kappa shape index (κ1) is 26.9. The predicted molar refractivity (Wildman–Crippen MR) is 144 cm³/mol. The van der Waals surface area contributed by atoms with Crippen LogP contribution in [-0.4, -0.2) is 49.5 Å². The summed E-state index contributed by atoms with van der Waals surface area (Å²) in [5.41, 5.74) is 1.09. The summed E-state index contributed by atoms with van der Waals surface area (Å²) in [6.45, 7) is 9.97. The third kappa shape index (κ3) is 5.90. The molecule has 10 heteroatoms. The monoisotopic (exact) mass is 541 g/mol. The molecule has 0 N–H and O–H groups in total. The highest BCUT2D eigenvalue weighted by atomic mass is 32.2. The van der Waals surface area contributed by atoms with Gasteiger partial charge in [-0.2, -0.15) is 9.30 Å². The summed E-state index contributed by atoms with van der Waals surface area (Å²) >= 11 is 1.32. The van der Waals surface area contributed by atoms with Gasteiger partial charge in [-0.05, 0) is 36.1 Å². The van der Waals surface area contributed by atoms with Crippen molar-refractivity contribution in [3.63, 3.8) is 0 Å². The Morgan fingerprint density at radius 3 is 2.24 bits per heavy atom. The largest absolute Gasteiger partial charge is 0.486 e. The van der Waals surface area contributed by atoms with Gasteiger partial charge >= 0.3 is 0 Å². The van der Waals surface area contributed by atoms with Crippen LogP contribution in [0.1, 0.15) is 38.1 Å². The normalized spacial score (nSPS) is 14.1. The van der Waals surface area contributed by atoms with Crippen LogP contribution in [0, 0.1) is 24.2 Å². The maximum absolute atomic E-state index is 13.3. The van der Waals surface area contributed by atoms with Crippen molar-refractivity contribution in [3.8, 4) is 23.8 Å². The molecule has 0 atom stereocenters. The van der Waals surface area contributed by atoms with E-state index in [1.165, 1.54) is 39.9 Å².